The molecule has 0 heterocycles. The highest BCUT2D eigenvalue weighted by Crippen LogP contribution is 2.64. The molecule has 0 aromatic rings. The van der Waals surface area contributed by atoms with Gasteiger partial charge in [0, 0.05) is 18.8 Å². The van der Waals surface area contributed by atoms with Gasteiger partial charge in [0.05, 0.1) is 13.2 Å². The van der Waals surface area contributed by atoms with Crippen LogP contribution in [0.2, 0.25) is 0 Å². The molecule has 0 bridgehead atoms. The summed E-state index contributed by atoms with van der Waals surface area (Å²) in [6.07, 6.45) is 10.4. The number of aliphatic hydroxyl groups excluding tert-OH is 1. The SMILES string of the molecule is CCC(=O)C1C(C2(C)CCC(O)CC2)CCC2(C)C(C(C)CCC(=O)OC)CCC12. The van der Waals surface area contributed by atoms with Crippen LogP contribution in [0.1, 0.15) is 98.3 Å². The number of ketones is 1. The van der Waals surface area contributed by atoms with E-state index < -0.39 is 0 Å². The number of fused-ring (bicyclic) bond motifs is 1. The summed E-state index contributed by atoms with van der Waals surface area (Å²) in [5, 5.41) is 10.1. The van der Waals surface area contributed by atoms with Gasteiger partial charge in [-0.15, -0.1) is 0 Å². The number of aliphatic hydroxyl groups is 1. The quantitative estimate of drug-likeness (QED) is 0.548. The minimum absolute atomic E-state index is 0.114. The van der Waals surface area contributed by atoms with Crippen molar-refractivity contribution in [2.75, 3.05) is 7.11 Å². The summed E-state index contributed by atoms with van der Waals surface area (Å²) in [6, 6.07) is 0. The molecule has 4 nitrogen and oxygen atoms in total. The lowest BCUT2D eigenvalue weighted by Crippen LogP contribution is -2.51. The highest BCUT2D eigenvalue weighted by molar-refractivity contribution is 5.81. The number of carbonyl (C=O) groups excluding carboxylic acids is 2. The van der Waals surface area contributed by atoms with Crippen LogP contribution in [0.5, 0.6) is 0 Å². The molecule has 6 unspecified atom stereocenters. The minimum atomic E-state index is -0.154. The maximum absolute atomic E-state index is 13.3. The second kappa shape index (κ2) is 9.30. The lowest BCUT2D eigenvalue weighted by atomic mass is 9.49. The van der Waals surface area contributed by atoms with Crippen molar-refractivity contribution in [1.29, 1.82) is 0 Å². The topological polar surface area (TPSA) is 63.6 Å². The van der Waals surface area contributed by atoms with Crippen molar-refractivity contribution in [3.05, 3.63) is 0 Å². The van der Waals surface area contributed by atoms with Crippen molar-refractivity contribution in [3.63, 3.8) is 0 Å². The van der Waals surface area contributed by atoms with Gasteiger partial charge >= 0.3 is 5.97 Å². The van der Waals surface area contributed by atoms with Gasteiger partial charge in [-0.2, -0.15) is 0 Å². The molecule has 172 valence electrons. The molecule has 0 aliphatic heterocycles. The van der Waals surface area contributed by atoms with E-state index in [1.165, 1.54) is 20.0 Å². The molecule has 0 radical (unpaired) electrons. The Bertz CT molecular complexity index is 621. The molecule has 0 saturated heterocycles. The van der Waals surface area contributed by atoms with Crippen LogP contribution in [-0.2, 0) is 14.3 Å². The lowest BCUT2D eigenvalue weighted by Gasteiger charge is -2.55. The van der Waals surface area contributed by atoms with Crippen LogP contribution in [0.3, 0.4) is 0 Å². The first kappa shape index (κ1) is 23.8. The number of ether oxygens (including phenoxy) is 1. The fourth-order valence-corrected chi connectivity index (χ4v) is 7.86. The van der Waals surface area contributed by atoms with Crippen LogP contribution in [0, 0.1) is 40.4 Å². The van der Waals surface area contributed by atoms with Gasteiger partial charge in [-0.25, -0.2) is 0 Å². The predicted molar refractivity (Wildman–Crippen MR) is 119 cm³/mol. The maximum Gasteiger partial charge on any atom is 0.305 e. The van der Waals surface area contributed by atoms with Crippen LogP contribution in [0.25, 0.3) is 0 Å². The van der Waals surface area contributed by atoms with E-state index in [2.05, 4.69) is 20.8 Å². The molecular weight excluding hydrogens is 376 g/mol. The minimum Gasteiger partial charge on any atom is -0.469 e. The standard InChI is InChI=1S/C26H44O4/c1-6-22(28)24-20(25(3)14-11-18(27)12-15-25)13-16-26(4)19(8-9-21(24)26)17(2)7-10-23(29)30-5/h17-21,24,27H,6-16H2,1-5H3. The third-order valence-electron chi connectivity index (χ3n) is 9.77. The van der Waals surface area contributed by atoms with E-state index in [1.54, 1.807) is 0 Å². The molecule has 1 N–H and O–H groups in total. The molecule has 0 amide bonds. The van der Waals surface area contributed by atoms with Crippen molar-refractivity contribution >= 4 is 11.8 Å². The zero-order valence-corrected chi connectivity index (χ0v) is 19.9. The molecule has 30 heavy (non-hydrogen) atoms. The first-order chi connectivity index (χ1) is 14.2. The molecule has 3 fully saturated rings. The van der Waals surface area contributed by atoms with Gasteiger partial charge < -0.3 is 9.84 Å². The summed E-state index contributed by atoms with van der Waals surface area (Å²) in [5.74, 6) is 2.52. The number of Topliss-reactive ketones (excluding diaryl/α,β-unsaturated/α-hetero) is 1. The number of hydrogen-bond acceptors (Lipinski definition) is 4. The highest BCUT2D eigenvalue weighted by Gasteiger charge is 2.59. The summed E-state index contributed by atoms with van der Waals surface area (Å²) in [4.78, 5) is 25.0. The number of hydrogen-bond donors (Lipinski definition) is 1. The van der Waals surface area contributed by atoms with Crippen molar-refractivity contribution in [1.82, 2.24) is 0 Å². The summed E-state index contributed by atoms with van der Waals surface area (Å²) in [5.41, 5.74) is 0.386. The van der Waals surface area contributed by atoms with Crippen LogP contribution < -0.4 is 0 Å². The lowest BCUT2D eigenvalue weighted by molar-refractivity contribution is -0.141. The van der Waals surface area contributed by atoms with Gasteiger partial charge in [-0.3, -0.25) is 9.59 Å². The van der Waals surface area contributed by atoms with Crippen molar-refractivity contribution < 1.29 is 19.4 Å². The average Bonchev–Trinajstić information content (AvgIpc) is 3.09. The number of esters is 1. The van der Waals surface area contributed by atoms with E-state index in [1.807, 2.05) is 6.92 Å². The molecule has 4 heteroatoms. The summed E-state index contributed by atoms with van der Waals surface area (Å²) < 4.78 is 4.86. The van der Waals surface area contributed by atoms with E-state index in [0.29, 0.717) is 42.3 Å². The Morgan fingerprint density at radius 1 is 1.03 bits per heavy atom. The highest BCUT2D eigenvalue weighted by atomic mass is 16.5. The van der Waals surface area contributed by atoms with E-state index in [4.69, 9.17) is 4.74 Å². The fourth-order valence-electron chi connectivity index (χ4n) is 7.86. The Labute approximate surface area is 183 Å². The maximum atomic E-state index is 13.3. The molecule has 3 rings (SSSR count). The van der Waals surface area contributed by atoms with E-state index in [0.717, 1.165) is 44.9 Å². The molecule has 0 spiro atoms. The molecule has 0 aromatic heterocycles. The van der Waals surface area contributed by atoms with E-state index >= 15 is 0 Å². The molecule has 3 aliphatic rings. The first-order valence-corrected chi connectivity index (χ1v) is 12.4. The number of methoxy groups -OCH3 is 1. The van der Waals surface area contributed by atoms with Crippen LogP contribution in [-0.4, -0.2) is 30.1 Å². The summed E-state index contributed by atoms with van der Waals surface area (Å²) in [7, 11) is 1.47. The first-order valence-electron chi connectivity index (χ1n) is 12.4. The Morgan fingerprint density at radius 3 is 2.30 bits per heavy atom. The van der Waals surface area contributed by atoms with Gasteiger partial charge in [0.2, 0.25) is 0 Å². The monoisotopic (exact) mass is 420 g/mol. The van der Waals surface area contributed by atoms with Gasteiger partial charge in [-0.05, 0) is 92.3 Å². The molecular formula is C26H44O4. The second-order valence-corrected chi connectivity index (χ2v) is 11.3. The number of carbonyl (C=O) groups is 2. The second-order valence-electron chi connectivity index (χ2n) is 11.3. The normalized spacial score (nSPS) is 42.4. The molecule has 0 aromatic carbocycles. The fraction of sp³-hybridized carbons (Fsp3) is 0.923. The van der Waals surface area contributed by atoms with Gasteiger partial charge in [-0.1, -0.05) is 27.7 Å². The van der Waals surface area contributed by atoms with E-state index in [9.17, 15) is 14.7 Å². The van der Waals surface area contributed by atoms with Crippen LogP contribution in [0.15, 0.2) is 0 Å². The smallest absolute Gasteiger partial charge is 0.305 e. The zero-order chi connectivity index (χ0) is 22.1. The van der Waals surface area contributed by atoms with Crippen LogP contribution >= 0.6 is 0 Å². The molecule has 6 atom stereocenters. The average molecular weight is 421 g/mol. The summed E-state index contributed by atoms with van der Waals surface area (Å²) in [6.45, 7) is 9.17. The van der Waals surface area contributed by atoms with Crippen molar-refractivity contribution in [3.8, 4) is 0 Å². The largest absolute Gasteiger partial charge is 0.469 e. The van der Waals surface area contributed by atoms with Crippen LogP contribution in [0.4, 0.5) is 0 Å². The van der Waals surface area contributed by atoms with Crippen molar-refractivity contribution in [2.24, 2.45) is 40.4 Å². The molecule has 3 saturated carbocycles. The third kappa shape index (κ3) is 4.36. The number of rotatable bonds is 7. The third-order valence-corrected chi connectivity index (χ3v) is 9.77. The Hall–Kier alpha value is -0.900. The predicted octanol–water partition coefficient (Wildman–Crippen LogP) is 5.55. The van der Waals surface area contributed by atoms with Gasteiger partial charge in [0.15, 0.2) is 0 Å². The Balaban J connectivity index is 1.81. The van der Waals surface area contributed by atoms with Crippen molar-refractivity contribution in [2.45, 2.75) is 104 Å². The molecule has 3 aliphatic carbocycles. The Morgan fingerprint density at radius 2 is 1.70 bits per heavy atom. The van der Waals surface area contributed by atoms with Gasteiger partial charge in [0.25, 0.3) is 0 Å². The Kier molecular flexibility index (Phi) is 7.37. The van der Waals surface area contributed by atoms with Gasteiger partial charge in [0.1, 0.15) is 5.78 Å². The zero-order valence-electron chi connectivity index (χ0n) is 19.9. The summed E-state index contributed by atoms with van der Waals surface area (Å²) >= 11 is 0. The van der Waals surface area contributed by atoms with E-state index in [-0.39, 0.29) is 28.8 Å².